The maximum absolute atomic E-state index is 13.3. The first kappa shape index (κ1) is 16.5. The quantitative estimate of drug-likeness (QED) is 0.660. The van der Waals surface area contributed by atoms with Crippen LogP contribution in [0.25, 0.3) is 0 Å². The molecule has 20 heavy (non-hydrogen) atoms. The Balaban J connectivity index is 2.31. The predicted molar refractivity (Wildman–Crippen MR) is 73.0 cm³/mol. The average Bonchev–Trinajstić information content (AvgIpc) is 2.38. The van der Waals surface area contributed by atoms with Crippen LogP contribution in [0.5, 0.6) is 0 Å². The number of aliphatic hydroxyl groups is 1. The summed E-state index contributed by atoms with van der Waals surface area (Å²) in [6.07, 6.45) is 0.106. The summed E-state index contributed by atoms with van der Waals surface area (Å²) in [5.41, 5.74) is -1.99. The van der Waals surface area contributed by atoms with Gasteiger partial charge in [-0.25, -0.2) is 9.18 Å². The molecule has 1 amide bonds. The summed E-state index contributed by atoms with van der Waals surface area (Å²) in [6.45, 7) is 0.731. The first-order valence-electron chi connectivity index (χ1n) is 5.93. The fourth-order valence-corrected chi connectivity index (χ4v) is 2.14. The predicted octanol–water partition coefficient (Wildman–Crippen LogP) is 1.26. The molecule has 110 valence electrons. The van der Waals surface area contributed by atoms with Gasteiger partial charge in [0.05, 0.1) is 6.54 Å². The molecular formula is C13H16FNO4S. The standard InChI is InChI=1S/C13H16FNO4S/c1-13(19,12(17)18)8-15-11(16)6-7-20-10-5-3-2-4-9(10)14/h2-5,19H,6-8H2,1H3,(H,15,16)(H,17,18). The molecule has 5 nitrogen and oxygen atoms in total. The highest BCUT2D eigenvalue weighted by atomic mass is 32.2. The van der Waals surface area contributed by atoms with Crippen molar-refractivity contribution in [3.63, 3.8) is 0 Å². The minimum Gasteiger partial charge on any atom is -0.479 e. The van der Waals surface area contributed by atoms with Crippen molar-refractivity contribution in [1.82, 2.24) is 5.32 Å². The van der Waals surface area contributed by atoms with Crippen molar-refractivity contribution in [1.29, 1.82) is 0 Å². The van der Waals surface area contributed by atoms with Gasteiger partial charge in [-0.2, -0.15) is 0 Å². The summed E-state index contributed by atoms with van der Waals surface area (Å²) >= 11 is 1.20. The third kappa shape index (κ3) is 5.18. The van der Waals surface area contributed by atoms with Crippen LogP contribution in [-0.2, 0) is 9.59 Å². The van der Waals surface area contributed by atoms with Crippen LogP contribution >= 0.6 is 11.8 Å². The molecule has 0 aliphatic carbocycles. The zero-order valence-corrected chi connectivity index (χ0v) is 11.7. The van der Waals surface area contributed by atoms with Crippen molar-refractivity contribution < 1.29 is 24.2 Å². The molecule has 0 spiro atoms. The lowest BCUT2D eigenvalue weighted by molar-refractivity contribution is -0.156. The van der Waals surface area contributed by atoms with E-state index in [1.54, 1.807) is 18.2 Å². The number of hydrogen-bond acceptors (Lipinski definition) is 4. The second-order valence-corrected chi connectivity index (χ2v) is 5.52. The van der Waals surface area contributed by atoms with E-state index in [4.69, 9.17) is 5.11 Å². The fraction of sp³-hybridized carbons (Fsp3) is 0.385. The highest BCUT2D eigenvalue weighted by Gasteiger charge is 2.30. The van der Waals surface area contributed by atoms with Gasteiger partial charge in [0.1, 0.15) is 5.82 Å². The SMILES string of the molecule is CC(O)(CNC(=O)CCSc1ccccc1F)C(=O)O. The number of carbonyl (C=O) groups is 2. The monoisotopic (exact) mass is 301 g/mol. The van der Waals surface area contributed by atoms with E-state index in [0.29, 0.717) is 10.6 Å². The molecule has 7 heteroatoms. The smallest absolute Gasteiger partial charge is 0.337 e. The number of halogens is 1. The van der Waals surface area contributed by atoms with Gasteiger partial charge in [0.15, 0.2) is 5.60 Å². The molecule has 0 saturated carbocycles. The Kier molecular flexibility index (Phi) is 5.97. The van der Waals surface area contributed by atoms with Gasteiger partial charge in [-0.05, 0) is 19.1 Å². The summed E-state index contributed by atoms with van der Waals surface area (Å²) in [5.74, 6) is -1.78. The number of aliphatic carboxylic acids is 1. The van der Waals surface area contributed by atoms with Gasteiger partial charge in [-0.15, -0.1) is 11.8 Å². The lowest BCUT2D eigenvalue weighted by Crippen LogP contribution is -2.46. The third-order valence-electron chi connectivity index (χ3n) is 2.51. The van der Waals surface area contributed by atoms with Crippen LogP contribution in [0.3, 0.4) is 0 Å². The Labute approximate surface area is 120 Å². The normalized spacial score (nSPS) is 13.6. The number of carboxylic acid groups (broad SMARTS) is 1. The van der Waals surface area contributed by atoms with Crippen LogP contribution in [-0.4, -0.2) is 40.0 Å². The first-order valence-corrected chi connectivity index (χ1v) is 6.91. The van der Waals surface area contributed by atoms with Crippen LogP contribution < -0.4 is 5.32 Å². The number of nitrogens with one attached hydrogen (secondary N) is 1. The minimum absolute atomic E-state index is 0.106. The Bertz CT molecular complexity index is 493. The highest BCUT2D eigenvalue weighted by Crippen LogP contribution is 2.21. The lowest BCUT2D eigenvalue weighted by Gasteiger charge is -2.18. The number of hydrogen-bond donors (Lipinski definition) is 3. The van der Waals surface area contributed by atoms with E-state index in [2.05, 4.69) is 5.32 Å². The zero-order chi connectivity index (χ0) is 15.2. The minimum atomic E-state index is -1.99. The molecule has 0 bridgehead atoms. The van der Waals surface area contributed by atoms with Crippen molar-refractivity contribution >= 4 is 23.6 Å². The number of benzene rings is 1. The number of thioether (sulfide) groups is 1. The van der Waals surface area contributed by atoms with Crippen molar-refractivity contribution in [3.8, 4) is 0 Å². The highest BCUT2D eigenvalue weighted by molar-refractivity contribution is 7.99. The van der Waals surface area contributed by atoms with E-state index in [9.17, 15) is 19.1 Å². The van der Waals surface area contributed by atoms with Crippen molar-refractivity contribution in [2.24, 2.45) is 0 Å². The lowest BCUT2D eigenvalue weighted by atomic mass is 10.1. The fourth-order valence-electron chi connectivity index (χ4n) is 1.25. The van der Waals surface area contributed by atoms with Crippen LogP contribution in [0.15, 0.2) is 29.2 Å². The molecule has 0 saturated heterocycles. The second-order valence-electron chi connectivity index (χ2n) is 4.38. The van der Waals surface area contributed by atoms with Gasteiger partial charge in [0, 0.05) is 17.1 Å². The maximum atomic E-state index is 13.3. The molecule has 0 aliphatic heterocycles. The molecule has 0 aromatic heterocycles. The topological polar surface area (TPSA) is 86.6 Å². The molecule has 3 N–H and O–H groups in total. The number of carboxylic acids is 1. The van der Waals surface area contributed by atoms with E-state index in [1.165, 1.54) is 17.8 Å². The number of carbonyl (C=O) groups excluding carboxylic acids is 1. The summed E-state index contributed by atoms with van der Waals surface area (Å²) in [6, 6.07) is 6.25. The molecule has 1 aromatic rings. The van der Waals surface area contributed by atoms with E-state index in [1.807, 2.05) is 0 Å². The first-order chi connectivity index (χ1) is 9.33. The summed E-state index contributed by atoms with van der Waals surface area (Å²) in [7, 11) is 0. The van der Waals surface area contributed by atoms with Crippen LogP contribution in [0.4, 0.5) is 4.39 Å². The Morgan fingerprint density at radius 2 is 2.05 bits per heavy atom. The van der Waals surface area contributed by atoms with Crippen LogP contribution in [0.2, 0.25) is 0 Å². The Hall–Kier alpha value is -1.60. The second kappa shape index (κ2) is 7.25. The molecule has 0 fully saturated rings. The molecular weight excluding hydrogens is 285 g/mol. The summed E-state index contributed by atoms with van der Waals surface area (Å²) in [5, 5.41) is 20.4. The maximum Gasteiger partial charge on any atom is 0.337 e. The van der Waals surface area contributed by atoms with E-state index >= 15 is 0 Å². The van der Waals surface area contributed by atoms with Crippen molar-refractivity contribution in [2.75, 3.05) is 12.3 Å². The van der Waals surface area contributed by atoms with Gasteiger partial charge >= 0.3 is 5.97 Å². The summed E-state index contributed by atoms with van der Waals surface area (Å²) < 4.78 is 13.3. The van der Waals surface area contributed by atoms with Gasteiger partial charge in [-0.1, -0.05) is 12.1 Å². The zero-order valence-electron chi connectivity index (χ0n) is 10.9. The summed E-state index contributed by atoms with van der Waals surface area (Å²) in [4.78, 5) is 22.5. The third-order valence-corrected chi connectivity index (χ3v) is 3.56. The number of rotatable bonds is 7. The average molecular weight is 301 g/mol. The molecule has 1 atom stereocenters. The number of amides is 1. The molecule has 0 aliphatic rings. The Morgan fingerprint density at radius 1 is 1.40 bits per heavy atom. The van der Waals surface area contributed by atoms with Gasteiger partial charge in [-0.3, -0.25) is 4.79 Å². The van der Waals surface area contributed by atoms with E-state index in [0.717, 1.165) is 6.92 Å². The van der Waals surface area contributed by atoms with Crippen LogP contribution in [0.1, 0.15) is 13.3 Å². The van der Waals surface area contributed by atoms with Gasteiger partial charge < -0.3 is 15.5 Å². The largest absolute Gasteiger partial charge is 0.479 e. The molecule has 0 radical (unpaired) electrons. The van der Waals surface area contributed by atoms with E-state index in [-0.39, 0.29) is 18.8 Å². The Morgan fingerprint density at radius 3 is 2.65 bits per heavy atom. The molecule has 1 aromatic carbocycles. The van der Waals surface area contributed by atoms with Gasteiger partial charge in [0.2, 0.25) is 5.91 Å². The molecule has 1 rings (SSSR count). The van der Waals surface area contributed by atoms with Gasteiger partial charge in [0.25, 0.3) is 0 Å². The van der Waals surface area contributed by atoms with E-state index < -0.39 is 17.5 Å². The molecule has 1 unspecified atom stereocenters. The van der Waals surface area contributed by atoms with Crippen molar-refractivity contribution in [3.05, 3.63) is 30.1 Å². The molecule has 0 heterocycles. The van der Waals surface area contributed by atoms with Crippen molar-refractivity contribution in [2.45, 2.75) is 23.8 Å². The van der Waals surface area contributed by atoms with Crippen LogP contribution in [0, 0.1) is 5.82 Å².